The van der Waals surface area contributed by atoms with E-state index in [1.807, 2.05) is 0 Å². The van der Waals surface area contributed by atoms with Gasteiger partial charge < -0.3 is 10.2 Å². The molecule has 0 heterocycles. The van der Waals surface area contributed by atoms with Crippen molar-refractivity contribution in [3.8, 4) is 0 Å². The summed E-state index contributed by atoms with van der Waals surface area (Å²) >= 11 is 0. The van der Waals surface area contributed by atoms with Crippen molar-refractivity contribution in [2.24, 2.45) is 5.73 Å². The molecule has 0 fully saturated rings. The van der Waals surface area contributed by atoms with Crippen molar-refractivity contribution in [3.63, 3.8) is 0 Å². The van der Waals surface area contributed by atoms with Crippen LogP contribution < -0.4 is 5.73 Å². The van der Waals surface area contributed by atoms with Crippen molar-refractivity contribution in [2.45, 2.75) is 37.9 Å². The highest BCUT2D eigenvalue weighted by atomic mass is 32.2. The zero-order valence-corrected chi connectivity index (χ0v) is 12.1. The molecule has 0 atom stereocenters. The summed E-state index contributed by atoms with van der Waals surface area (Å²) in [5.74, 6) is -0.144. The highest BCUT2D eigenvalue weighted by molar-refractivity contribution is 7.92. The minimum atomic E-state index is -3.12. The number of hydrogen-bond donors (Lipinski definition) is 1. The molecule has 2 N–H and O–H groups in total. The lowest BCUT2D eigenvalue weighted by molar-refractivity contribution is 0.399. The van der Waals surface area contributed by atoms with E-state index in [0.29, 0.717) is 23.5 Å². The molecule has 0 bridgehead atoms. The summed E-state index contributed by atoms with van der Waals surface area (Å²) in [6.07, 6.45) is 2.38. The van der Waals surface area contributed by atoms with Crippen LogP contribution in [-0.2, 0) is 14.3 Å². The molecule has 0 radical (unpaired) electrons. The molecule has 86 valence electrons. The van der Waals surface area contributed by atoms with E-state index in [1.54, 1.807) is 13.8 Å². The smallest absolute Gasteiger partial charge is 0.178 e. The third-order valence-electron chi connectivity index (χ3n) is 2.35. The fraction of sp³-hybridized carbons (Fsp3) is 1.00. The number of hydrogen-bond acceptors (Lipinski definition) is 4. The molecule has 0 aliphatic rings. The molecular weight excluding hydrogens is 218 g/mol. The van der Waals surface area contributed by atoms with Gasteiger partial charge in [0.1, 0.15) is 16.4 Å². The normalized spacial score (nSPS) is 13.4. The van der Waals surface area contributed by atoms with E-state index in [-0.39, 0.29) is 5.94 Å². The second-order valence-electron chi connectivity index (χ2n) is 4.03. The maximum absolute atomic E-state index is 11.7. The second kappa shape index (κ2) is 5.84. The van der Waals surface area contributed by atoms with Crippen LogP contribution in [0.4, 0.5) is 0 Å². The van der Waals surface area contributed by atoms with Crippen molar-refractivity contribution in [2.75, 3.05) is 12.5 Å². The van der Waals surface area contributed by atoms with Crippen LogP contribution in [0.3, 0.4) is 0 Å². The lowest BCUT2D eigenvalue weighted by Crippen LogP contribution is -2.34. The Kier molecular flexibility index (Phi) is 5.88. The average molecular weight is 239 g/mol. The molecule has 0 saturated carbocycles. The molecule has 6 heteroatoms. The zero-order chi connectivity index (χ0) is 11.2. The standard InChI is InChI=1S/C8H21NO3SSi/c1-8(2,5-3-4-6-9)13(10,11)7-12-14/h3-7,9H2,1-2,14H3. The van der Waals surface area contributed by atoms with Gasteiger partial charge in [0.05, 0.1) is 4.75 Å². The molecule has 14 heavy (non-hydrogen) atoms. The molecule has 0 aliphatic carbocycles. The van der Waals surface area contributed by atoms with Gasteiger partial charge in [-0.1, -0.05) is 6.42 Å². The third kappa shape index (κ3) is 4.08. The predicted octanol–water partition coefficient (Wildman–Crippen LogP) is -0.437. The van der Waals surface area contributed by atoms with Crippen molar-refractivity contribution in [1.82, 2.24) is 0 Å². The summed E-state index contributed by atoms with van der Waals surface area (Å²) < 4.78 is 27.6. The largest absolute Gasteiger partial charge is 0.414 e. The Labute approximate surface area is 89.7 Å². The van der Waals surface area contributed by atoms with Crippen LogP contribution in [0.2, 0.25) is 0 Å². The molecule has 0 aromatic heterocycles. The molecule has 0 aromatic carbocycles. The Morgan fingerprint density at radius 3 is 2.36 bits per heavy atom. The molecule has 0 spiro atoms. The molecule has 0 amide bonds. The monoisotopic (exact) mass is 239 g/mol. The van der Waals surface area contributed by atoms with Crippen LogP contribution >= 0.6 is 0 Å². The van der Waals surface area contributed by atoms with E-state index < -0.39 is 14.6 Å². The number of nitrogens with two attached hydrogens (primary N) is 1. The fourth-order valence-electron chi connectivity index (χ4n) is 1.17. The first-order chi connectivity index (χ1) is 6.37. The first kappa shape index (κ1) is 14.1. The van der Waals surface area contributed by atoms with E-state index in [0.717, 1.165) is 12.8 Å². The minimum Gasteiger partial charge on any atom is -0.414 e. The van der Waals surface area contributed by atoms with Gasteiger partial charge in [0.15, 0.2) is 9.84 Å². The van der Waals surface area contributed by atoms with Crippen molar-refractivity contribution in [3.05, 3.63) is 0 Å². The first-order valence-electron chi connectivity index (χ1n) is 4.78. The summed E-state index contributed by atoms with van der Waals surface area (Å²) in [4.78, 5) is 0. The first-order valence-corrected chi connectivity index (χ1v) is 7.25. The molecule has 0 saturated heterocycles. The van der Waals surface area contributed by atoms with Crippen LogP contribution in [0, 0.1) is 0 Å². The Morgan fingerprint density at radius 2 is 1.93 bits per heavy atom. The SMILES string of the molecule is CC(C)(CCCCN)S(=O)(=O)CO[SiH3]. The second-order valence-corrected chi connectivity index (χ2v) is 7.17. The van der Waals surface area contributed by atoms with Crippen LogP contribution in [0.15, 0.2) is 0 Å². The quantitative estimate of drug-likeness (QED) is 0.483. The number of rotatable bonds is 7. The van der Waals surface area contributed by atoms with Gasteiger partial charge in [0, 0.05) is 0 Å². The van der Waals surface area contributed by atoms with E-state index >= 15 is 0 Å². The number of sulfone groups is 1. The topological polar surface area (TPSA) is 69.4 Å². The summed E-state index contributed by atoms with van der Waals surface area (Å²) in [6.45, 7) is 4.12. The van der Waals surface area contributed by atoms with Crippen molar-refractivity contribution in [1.29, 1.82) is 0 Å². The summed E-state index contributed by atoms with van der Waals surface area (Å²) in [5.41, 5.74) is 5.36. The van der Waals surface area contributed by atoms with Crippen molar-refractivity contribution >= 4 is 20.3 Å². The highest BCUT2D eigenvalue weighted by Gasteiger charge is 2.32. The van der Waals surface area contributed by atoms with Gasteiger partial charge >= 0.3 is 0 Å². The summed E-state index contributed by atoms with van der Waals surface area (Å²) in [7, 11) is -2.66. The van der Waals surface area contributed by atoms with Crippen LogP contribution in [0.1, 0.15) is 33.1 Å². The summed E-state index contributed by atoms with van der Waals surface area (Å²) in [5, 5.41) is 0. The lowest BCUT2D eigenvalue weighted by atomic mass is 10.1. The predicted molar refractivity (Wildman–Crippen MR) is 61.8 cm³/mol. The molecule has 0 aromatic rings. The third-order valence-corrected chi connectivity index (χ3v) is 5.49. The number of unbranched alkanes of at least 4 members (excludes halogenated alkanes) is 1. The van der Waals surface area contributed by atoms with E-state index in [1.165, 1.54) is 0 Å². The molecule has 0 unspecified atom stereocenters. The lowest BCUT2D eigenvalue weighted by Gasteiger charge is -2.24. The van der Waals surface area contributed by atoms with E-state index in [9.17, 15) is 8.42 Å². The maximum Gasteiger partial charge on any atom is 0.178 e. The molecule has 0 rings (SSSR count). The van der Waals surface area contributed by atoms with Crippen LogP contribution in [0.25, 0.3) is 0 Å². The van der Waals surface area contributed by atoms with Gasteiger partial charge in [0.2, 0.25) is 0 Å². The van der Waals surface area contributed by atoms with Gasteiger partial charge in [-0.2, -0.15) is 0 Å². The van der Waals surface area contributed by atoms with Crippen LogP contribution in [0.5, 0.6) is 0 Å². The van der Waals surface area contributed by atoms with Gasteiger partial charge in [0.25, 0.3) is 0 Å². The fourth-order valence-corrected chi connectivity index (χ4v) is 3.18. The highest BCUT2D eigenvalue weighted by Crippen LogP contribution is 2.23. The van der Waals surface area contributed by atoms with E-state index in [4.69, 9.17) is 10.2 Å². The molecule has 0 aliphatic heterocycles. The average Bonchev–Trinajstić information content (AvgIpc) is 2.04. The zero-order valence-electron chi connectivity index (χ0n) is 9.25. The maximum atomic E-state index is 11.7. The Morgan fingerprint density at radius 1 is 1.36 bits per heavy atom. The summed E-state index contributed by atoms with van der Waals surface area (Å²) in [6, 6.07) is 0. The van der Waals surface area contributed by atoms with Gasteiger partial charge in [-0.05, 0) is 33.2 Å². The van der Waals surface area contributed by atoms with Gasteiger partial charge in [-0.15, -0.1) is 0 Å². The Bertz CT molecular complexity index is 251. The van der Waals surface area contributed by atoms with Gasteiger partial charge in [-0.25, -0.2) is 8.42 Å². The molecular formula is C8H21NO3SSi. The van der Waals surface area contributed by atoms with E-state index in [2.05, 4.69) is 0 Å². The Balaban J connectivity index is 4.29. The van der Waals surface area contributed by atoms with Crippen LogP contribution in [-0.4, -0.2) is 36.1 Å². The minimum absolute atomic E-state index is 0.144. The van der Waals surface area contributed by atoms with Gasteiger partial charge in [-0.3, -0.25) is 0 Å². The van der Waals surface area contributed by atoms with Crippen molar-refractivity contribution < 1.29 is 12.8 Å². The Hall–Kier alpha value is 0.0869. The molecule has 4 nitrogen and oxygen atoms in total.